The van der Waals surface area contributed by atoms with E-state index in [-0.39, 0.29) is 6.04 Å². The number of anilines is 1. The van der Waals surface area contributed by atoms with Gasteiger partial charge in [0.25, 0.3) is 0 Å². The van der Waals surface area contributed by atoms with E-state index in [9.17, 15) is 0 Å². The molecule has 22 heavy (non-hydrogen) atoms. The maximum absolute atomic E-state index is 6.16. The maximum Gasteiger partial charge on any atom is 0.171 e. The smallest absolute Gasteiger partial charge is 0.171 e. The molecule has 2 aromatic rings. The molecule has 116 valence electrons. The number of hydrogen-bond donors (Lipinski definition) is 2. The molecule has 0 amide bonds. The Morgan fingerprint density at radius 3 is 2.32 bits per heavy atom. The molecule has 0 aliphatic heterocycles. The molecule has 2 N–H and O–H groups in total. The van der Waals surface area contributed by atoms with Crippen LogP contribution in [0.25, 0.3) is 0 Å². The Kier molecular flexibility index (Phi) is 5.81. The van der Waals surface area contributed by atoms with E-state index >= 15 is 0 Å². The van der Waals surface area contributed by atoms with Crippen LogP contribution in [0.5, 0.6) is 0 Å². The van der Waals surface area contributed by atoms with E-state index in [1.807, 2.05) is 24.3 Å². The molecular formula is C18H21ClN2S. The second-order valence-electron chi connectivity index (χ2n) is 5.66. The highest BCUT2D eigenvalue weighted by Gasteiger charge is 2.18. The summed E-state index contributed by atoms with van der Waals surface area (Å²) in [4.78, 5) is 0. The molecule has 0 aliphatic carbocycles. The Morgan fingerprint density at radius 2 is 1.68 bits per heavy atom. The van der Waals surface area contributed by atoms with Crippen molar-refractivity contribution in [2.24, 2.45) is 5.92 Å². The van der Waals surface area contributed by atoms with Crippen molar-refractivity contribution in [1.29, 1.82) is 0 Å². The van der Waals surface area contributed by atoms with Gasteiger partial charge in [-0.25, -0.2) is 0 Å². The summed E-state index contributed by atoms with van der Waals surface area (Å²) in [6.45, 7) is 6.49. The third kappa shape index (κ3) is 4.21. The molecule has 0 bridgehead atoms. The highest BCUT2D eigenvalue weighted by Crippen LogP contribution is 2.25. The zero-order chi connectivity index (χ0) is 16.1. The lowest BCUT2D eigenvalue weighted by atomic mass is 9.93. The van der Waals surface area contributed by atoms with Gasteiger partial charge in [-0.3, -0.25) is 0 Å². The molecule has 0 radical (unpaired) electrons. The summed E-state index contributed by atoms with van der Waals surface area (Å²) in [5, 5.41) is 7.82. The fraction of sp³-hybridized carbons (Fsp3) is 0.278. The molecular weight excluding hydrogens is 312 g/mol. The summed E-state index contributed by atoms with van der Waals surface area (Å²) < 4.78 is 0. The first-order chi connectivity index (χ1) is 10.5. The quantitative estimate of drug-likeness (QED) is 0.740. The van der Waals surface area contributed by atoms with Crippen LogP contribution >= 0.6 is 23.8 Å². The van der Waals surface area contributed by atoms with E-state index in [1.165, 1.54) is 11.1 Å². The van der Waals surface area contributed by atoms with Crippen molar-refractivity contribution in [3.8, 4) is 0 Å². The van der Waals surface area contributed by atoms with Crippen LogP contribution in [0.2, 0.25) is 5.02 Å². The van der Waals surface area contributed by atoms with Gasteiger partial charge in [-0.05, 0) is 48.3 Å². The lowest BCUT2D eigenvalue weighted by Gasteiger charge is -2.26. The summed E-state index contributed by atoms with van der Waals surface area (Å²) in [7, 11) is 0. The number of hydrogen-bond acceptors (Lipinski definition) is 1. The summed E-state index contributed by atoms with van der Waals surface area (Å²) >= 11 is 11.6. The second kappa shape index (κ2) is 7.61. The van der Waals surface area contributed by atoms with Crippen LogP contribution in [0.15, 0.2) is 48.5 Å². The lowest BCUT2D eigenvalue weighted by molar-refractivity contribution is 0.471. The molecule has 0 saturated carbocycles. The highest BCUT2D eigenvalue weighted by atomic mass is 35.5. The van der Waals surface area contributed by atoms with Crippen LogP contribution in [0.3, 0.4) is 0 Å². The van der Waals surface area contributed by atoms with Crippen LogP contribution in [-0.2, 0) is 0 Å². The van der Waals surface area contributed by atoms with E-state index in [0.29, 0.717) is 16.1 Å². The number of aryl methyl sites for hydroxylation is 1. The molecule has 0 aliphatic rings. The summed E-state index contributed by atoms with van der Waals surface area (Å²) in [5.74, 6) is 0.409. The standard InChI is InChI=1S/C18H21ClN2S/c1-12(2)17(14-9-5-4-8-13(14)3)21-18(22)20-16-11-7-6-10-15(16)19/h4-12,17H,1-3H3,(H2,20,21,22)/t17-/m1/s1. The van der Waals surface area contributed by atoms with Crippen molar-refractivity contribution in [2.45, 2.75) is 26.8 Å². The van der Waals surface area contributed by atoms with Crippen molar-refractivity contribution < 1.29 is 0 Å². The molecule has 1 atom stereocenters. The average Bonchev–Trinajstić information content (AvgIpc) is 2.48. The number of rotatable bonds is 4. The van der Waals surface area contributed by atoms with Crippen LogP contribution in [0, 0.1) is 12.8 Å². The van der Waals surface area contributed by atoms with Gasteiger partial charge in [0.1, 0.15) is 0 Å². The van der Waals surface area contributed by atoms with Gasteiger partial charge < -0.3 is 10.6 Å². The van der Waals surface area contributed by atoms with E-state index in [1.54, 1.807) is 0 Å². The van der Waals surface area contributed by atoms with Gasteiger partial charge >= 0.3 is 0 Å². The zero-order valence-electron chi connectivity index (χ0n) is 13.1. The first-order valence-corrected chi connectivity index (χ1v) is 8.15. The number of halogens is 1. The Balaban J connectivity index is 2.14. The number of thiocarbonyl (C=S) groups is 1. The monoisotopic (exact) mass is 332 g/mol. The van der Waals surface area contributed by atoms with E-state index in [4.69, 9.17) is 23.8 Å². The SMILES string of the molecule is Cc1ccccc1[C@H](NC(=S)Nc1ccccc1Cl)C(C)C. The van der Waals surface area contributed by atoms with Crippen molar-refractivity contribution in [3.05, 3.63) is 64.7 Å². The zero-order valence-corrected chi connectivity index (χ0v) is 14.6. The van der Waals surface area contributed by atoms with E-state index < -0.39 is 0 Å². The second-order valence-corrected chi connectivity index (χ2v) is 6.47. The van der Waals surface area contributed by atoms with E-state index in [2.05, 4.69) is 55.7 Å². The molecule has 0 heterocycles. The van der Waals surface area contributed by atoms with Gasteiger partial charge in [0.15, 0.2) is 5.11 Å². The summed E-state index contributed by atoms with van der Waals surface area (Å²) in [6.07, 6.45) is 0. The molecule has 2 rings (SSSR count). The average molecular weight is 333 g/mol. The van der Waals surface area contributed by atoms with Crippen LogP contribution in [0.4, 0.5) is 5.69 Å². The van der Waals surface area contributed by atoms with Gasteiger partial charge in [0.05, 0.1) is 16.8 Å². The van der Waals surface area contributed by atoms with Gasteiger partial charge in [-0.1, -0.05) is 61.8 Å². The molecule has 0 unspecified atom stereocenters. The number of benzene rings is 2. The third-order valence-corrected chi connectivity index (χ3v) is 4.15. The predicted molar refractivity (Wildman–Crippen MR) is 99.6 cm³/mol. The van der Waals surface area contributed by atoms with Gasteiger partial charge in [-0.15, -0.1) is 0 Å². The molecule has 4 heteroatoms. The van der Waals surface area contributed by atoms with Gasteiger partial charge in [-0.2, -0.15) is 0 Å². The van der Waals surface area contributed by atoms with Crippen LogP contribution in [-0.4, -0.2) is 5.11 Å². The minimum Gasteiger partial charge on any atom is -0.355 e. The Bertz CT molecular complexity index is 655. The van der Waals surface area contributed by atoms with Gasteiger partial charge in [0.2, 0.25) is 0 Å². The first-order valence-electron chi connectivity index (χ1n) is 7.36. The van der Waals surface area contributed by atoms with Crippen molar-refractivity contribution in [2.75, 3.05) is 5.32 Å². The minimum absolute atomic E-state index is 0.156. The molecule has 0 fully saturated rings. The molecule has 2 aromatic carbocycles. The van der Waals surface area contributed by atoms with Crippen LogP contribution < -0.4 is 10.6 Å². The van der Waals surface area contributed by atoms with Crippen molar-refractivity contribution >= 4 is 34.6 Å². The Labute approximate surface area is 142 Å². The van der Waals surface area contributed by atoms with Crippen molar-refractivity contribution in [3.63, 3.8) is 0 Å². The molecule has 0 spiro atoms. The lowest BCUT2D eigenvalue weighted by Crippen LogP contribution is -2.35. The molecule has 2 nitrogen and oxygen atoms in total. The largest absolute Gasteiger partial charge is 0.355 e. The number of nitrogens with one attached hydrogen (secondary N) is 2. The topological polar surface area (TPSA) is 24.1 Å². The molecule has 0 saturated heterocycles. The van der Waals surface area contributed by atoms with Crippen molar-refractivity contribution in [1.82, 2.24) is 5.32 Å². The highest BCUT2D eigenvalue weighted by molar-refractivity contribution is 7.80. The normalized spacial score (nSPS) is 12.0. The maximum atomic E-state index is 6.16. The Morgan fingerprint density at radius 1 is 1.05 bits per heavy atom. The summed E-state index contributed by atoms with van der Waals surface area (Å²) in [5.41, 5.74) is 3.34. The summed E-state index contributed by atoms with van der Waals surface area (Å²) in [6, 6.07) is 16.1. The molecule has 0 aromatic heterocycles. The first kappa shape index (κ1) is 16.8. The van der Waals surface area contributed by atoms with E-state index in [0.717, 1.165) is 5.69 Å². The minimum atomic E-state index is 0.156. The van der Waals surface area contributed by atoms with Gasteiger partial charge in [0, 0.05) is 0 Å². The Hall–Kier alpha value is -1.58. The fourth-order valence-electron chi connectivity index (χ4n) is 2.40. The van der Waals surface area contributed by atoms with Crippen LogP contribution in [0.1, 0.15) is 31.0 Å². The number of para-hydroxylation sites is 1. The third-order valence-electron chi connectivity index (χ3n) is 3.60. The fourth-order valence-corrected chi connectivity index (χ4v) is 2.82. The predicted octanol–water partition coefficient (Wildman–Crippen LogP) is 5.33.